The first kappa shape index (κ1) is 39.1. The first-order valence-corrected chi connectivity index (χ1v) is 16.5. The van der Waals surface area contributed by atoms with Crippen LogP contribution in [0.2, 0.25) is 0 Å². The molecular weight excluding hydrogens is 630 g/mol. The van der Waals surface area contributed by atoms with E-state index in [1.165, 1.54) is 7.11 Å². The number of hydrogen-bond acceptors (Lipinski definition) is 10. The van der Waals surface area contributed by atoms with Crippen LogP contribution >= 0.6 is 0 Å². The SMILES string of the molecule is C=CCOc1cc(OCC=C)c(C(=O)c2ccc(OCC(=O)N3CCN(C)CC3)c(OC)c2)c(CC(=O)N(CCOC)CCOC)c1CC. The third-order valence-electron chi connectivity index (χ3n) is 8.21. The molecule has 0 N–H and O–H groups in total. The molecule has 0 bridgehead atoms. The second-order valence-electron chi connectivity index (χ2n) is 11.5. The minimum Gasteiger partial charge on any atom is -0.493 e. The second-order valence-corrected chi connectivity index (χ2v) is 11.5. The van der Waals surface area contributed by atoms with Gasteiger partial charge in [0.1, 0.15) is 24.7 Å². The predicted octanol–water partition coefficient (Wildman–Crippen LogP) is 3.43. The summed E-state index contributed by atoms with van der Waals surface area (Å²) in [6.07, 6.45) is 3.58. The van der Waals surface area contributed by atoms with Crippen LogP contribution in [0.25, 0.3) is 0 Å². The fourth-order valence-electron chi connectivity index (χ4n) is 5.48. The van der Waals surface area contributed by atoms with Crippen molar-refractivity contribution < 1.29 is 42.8 Å². The monoisotopic (exact) mass is 681 g/mol. The highest BCUT2D eigenvalue weighted by Crippen LogP contribution is 2.38. The first-order chi connectivity index (χ1) is 23.7. The van der Waals surface area contributed by atoms with E-state index in [2.05, 4.69) is 18.1 Å². The van der Waals surface area contributed by atoms with Crippen LogP contribution in [-0.4, -0.2) is 133 Å². The number of rotatable bonds is 21. The van der Waals surface area contributed by atoms with Gasteiger partial charge in [0.25, 0.3) is 5.91 Å². The van der Waals surface area contributed by atoms with E-state index in [1.54, 1.807) is 60.4 Å². The van der Waals surface area contributed by atoms with Gasteiger partial charge in [-0.1, -0.05) is 32.2 Å². The van der Waals surface area contributed by atoms with E-state index in [9.17, 15) is 14.4 Å². The van der Waals surface area contributed by atoms with Crippen LogP contribution in [-0.2, 0) is 31.9 Å². The van der Waals surface area contributed by atoms with E-state index in [-0.39, 0.29) is 66.5 Å². The molecule has 1 aliphatic heterocycles. The summed E-state index contributed by atoms with van der Waals surface area (Å²) >= 11 is 0. The summed E-state index contributed by atoms with van der Waals surface area (Å²) in [7, 11) is 6.64. The maximum absolute atomic E-state index is 14.5. The molecule has 1 heterocycles. The van der Waals surface area contributed by atoms with Crippen LogP contribution in [0.5, 0.6) is 23.0 Å². The predicted molar refractivity (Wildman–Crippen MR) is 187 cm³/mol. The molecule has 0 aromatic heterocycles. The standard InChI is InChI=1S/C37H51N3O9/c1-8-19-47-31-25-33(48-20-9-2)36(29(28(31)10-3)24-34(41)40(17-21-44-5)18-22-45-6)37(43)27-11-12-30(32(23-27)46-7)49-26-35(42)39-15-13-38(4)14-16-39/h8-9,11-12,23,25H,1-2,10,13-22,24,26H2,3-7H3. The molecule has 0 radical (unpaired) electrons. The lowest BCUT2D eigenvalue weighted by molar-refractivity contribution is -0.135. The van der Waals surface area contributed by atoms with Crippen molar-refractivity contribution in [2.45, 2.75) is 19.8 Å². The van der Waals surface area contributed by atoms with Gasteiger partial charge in [0.05, 0.1) is 32.3 Å². The van der Waals surface area contributed by atoms with Crippen molar-refractivity contribution in [1.29, 1.82) is 0 Å². The lowest BCUT2D eigenvalue weighted by Gasteiger charge is -2.32. The van der Waals surface area contributed by atoms with Gasteiger partial charge in [-0.2, -0.15) is 0 Å². The van der Waals surface area contributed by atoms with Crippen molar-refractivity contribution in [3.05, 3.63) is 71.8 Å². The van der Waals surface area contributed by atoms with Gasteiger partial charge in [-0.15, -0.1) is 0 Å². The number of likely N-dealkylation sites (N-methyl/N-ethyl adjacent to an activating group) is 1. The van der Waals surface area contributed by atoms with Crippen molar-refractivity contribution in [3.8, 4) is 23.0 Å². The number of ketones is 1. The highest BCUT2D eigenvalue weighted by molar-refractivity contribution is 6.13. The number of carbonyl (C=O) groups is 3. The Hall–Kier alpha value is -4.39. The Kier molecular flexibility index (Phi) is 16.1. The van der Waals surface area contributed by atoms with Crippen LogP contribution in [0.3, 0.4) is 0 Å². The summed E-state index contributed by atoms with van der Waals surface area (Å²) in [6.45, 7) is 13.9. The summed E-state index contributed by atoms with van der Waals surface area (Å²) in [5.74, 6) is 0.647. The van der Waals surface area contributed by atoms with Crippen LogP contribution in [0.1, 0.15) is 34.0 Å². The van der Waals surface area contributed by atoms with Gasteiger partial charge < -0.3 is 43.1 Å². The maximum atomic E-state index is 14.5. The molecule has 1 fully saturated rings. The zero-order valence-corrected chi connectivity index (χ0v) is 29.6. The minimum absolute atomic E-state index is 0.0971. The van der Waals surface area contributed by atoms with Crippen LogP contribution < -0.4 is 18.9 Å². The molecule has 0 spiro atoms. The van der Waals surface area contributed by atoms with Crippen molar-refractivity contribution in [2.24, 2.45) is 0 Å². The minimum atomic E-state index is -0.384. The lowest BCUT2D eigenvalue weighted by Crippen LogP contribution is -2.48. The molecule has 268 valence electrons. The molecule has 2 aromatic carbocycles. The quantitative estimate of drug-likeness (QED) is 0.143. The number of hydrogen-bond donors (Lipinski definition) is 0. The number of amides is 2. The Morgan fingerprint density at radius 2 is 1.45 bits per heavy atom. The molecule has 2 aromatic rings. The first-order valence-electron chi connectivity index (χ1n) is 16.5. The smallest absolute Gasteiger partial charge is 0.260 e. The van der Waals surface area contributed by atoms with Crippen LogP contribution in [0.15, 0.2) is 49.6 Å². The number of methoxy groups -OCH3 is 3. The Morgan fingerprint density at radius 3 is 2.02 bits per heavy atom. The highest BCUT2D eigenvalue weighted by Gasteiger charge is 2.29. The van der Waals surface area contributed by atoms with Gasteiger partial charge in [0.15, 0.2) is 23.9 Å². The van der Waals surface area contributed by atoms with Crippen molar-refractivity contribution >= 4 is 17.6 Å². The average Bonchev–Trinajstić information content (AvgIpc) is 3.11. The number of benzene rings is 2. The number of piperazine rings is 1. The molecule has 1 saturated heterocycles. The van der Waals surface area contributed by atoms with Gasteiger partial charge in [-0.25, -0.2) is 0 Å². The summed E-state index contributed by atoms with van der Waals surface area (Å²) < 4.78 is 34.1. The van der Waals surface area contributed by atoms with E-state index < -0.39 is 0 Å². The molecule has 12 nitrogen and oxygen atoms in total. The normalized spacial score (nSPS) is 13.0. The summed E-state index contributed by atoms with van der Waals surface area (Å²) in [6, 6.07) is 6.47. The Bertz CT molecular complexity index is 1430. The summed E-state index contributed by atoms with van der Waals surface area (Å²) in [4.78, 5) is 46.8. The van der Waals surface area contributed by atoms with Crippen molar-refractivity contribution in [1.82, 2.24) is 14.7 Å². The van der Waals surface area contributed by atoms with Crippen LogP contribution in [0.4, 0.5) is 0 Å². The van der Waals surface area contributed by atoms with E-state index in [0.29, 0.717) is 68.4 Å². The van der Waals surface area contributed by atoms with Gasteiger partial charge in [-0.05, 0) is 42.8 Å². The van der Waals surface area contributed by atoms with E-state index in [0.717, 1.165) is 13.1 Å². The molecule has 3 rings (SSSR count). The third kappa shape index (κ3) is 10.8. The van der Waals surface area contributed by atoms with Gasteiger partial charge >= 0.3 is 0 Å². The van der Waals surface area contributed by atoms with Gasteiger partial charge in [0.2, 0.25) is 5.91 Å². The number of nitrogens with zero attached hydrogens (tertiary/aromatic N) is 3. The molecular formula is C37H51N3O9. The molecule has 1 aliphatic rings. The van der Waals surface area contributed by atoms with Crippen LogP contribution in [0, 0.1) is 0 Å². The van der Waals surface area contributed by atoms with Gasteiger partial charge in [0, 0.05) is 65.1 Å². The van der Waals surface area contributed by atoms with E-state index in [1.807, 2.05) is 14.0 Å². The zero-order valence-electron chi connectivity index (χ0n) is 29.6. The fourth-order valence-corrected chi connectivity index (χ4v) is 5.48. The van der Waals surface area contributed by atoms with Gasteiger partial charge in [-0.3, -0.25) is 14.4 Å². The lowest BCUT2D eigenvalue weighted by atomic mass is 9.89. The molecule has 49 heavy (non-hydrogen) atoms. The molecule has 0 unspecified atom stereocenters. The zero-order chi connectivity index (χ0) is 35.8. The van der Waals surface area contributed by atoms with Crippen molar-refractivity contribution in [3.63, 3.8) is 0 Å². The summed E-state index contributed by atoms with van der Waals surface area (Å²) in [5.41, 5.74) is 1.72. The number of ether oxygens (including phenoxy) is 6. The molecule has 2 amide bonds. The third-order valence-corrected chi connectivity index (χ3v) is 8.21. The van der Waals surface area contributed by atoms with E-state index >= 15 is 0 Å². The molecule has 0 aliphatic carbocycles. The Balaban J connectivity index is 2.06. The molecule has 0 atom stereocenters. The van der Waals surface area contributed by atoms with Crippen molar-refractivity contribution in [2.75, 3.05) is 101 Å². The largest absolute Gasteiger partial charge is 0.493 e. The maximum Gasteiger partial charge on any atom is 0.260 e. The second kappa shape index (κ2) is 20.2. The molecule has 12 heteroatoms. The highest BCUT2D eigenvalue weighted by atomic mass is 16.5. The summed E-state index contributed by atoms with van der Waals surface area (Å²) in [5, 5.41) is 0. The Labute approximate surface area is 290 Å². The van der Waals surface area contributed by atoms with E-state index in [4.69, 9.17) is 28.4 Å². The average molecular weight is 682 g/mol. The fraction of sp³-hybridized carbons (Fsp3) is 0.486. The number of carbonyl (C=O) groups excluding carboxylic acids is 3. The Morgan fingerprint density at radius 1 is 0.816 bits per heavy atom. The molecule has 0 saturated carbocycles. The topological polar surface area (TPSA) is 116 Å².